The molecular weight excluding hydrogens is 353 g/mol. The lowest BCUT2D eigenvalue weighted by atomic mass is 10.1. The lowest BCUT2D eigenvalue weighted by molar-refractivity contribution is -0.148. The van der Waals surface area contributed by atoms with Crippen LogP contribution in [0, 0.1) is 5.82 Å². The van der Waals surface area contributed by atoms with Crippen LogP contribution in [0.15, 0.2) is 54.6 Å². The molecule has 6 nitrogen and oxygen atoms in total. The molecule has 0 aliphatic heterocycles. The van der Waals surface area contributed by atoms with Crippen LogP contribution >= 0.6 is 0 Å². The predicted molar refractivity (Wildman–Crippen MR) is 95.9 cm³/mol. The molecule has 2 rings (SSSR count). The minimum absolute atomic E-state index is 0.0724. The smallest absolute Gasteiger partial charge is 0.306 e. The van der Waals surface area contributed by atoms with Crippen LogP contribution in [-0.2, 0) is 14.3 Å². The summed E-state index contributed by atoms with van der Waals surface area (Å²) in [5.74, 6) is -1.14. The van der Waals surface area contributed by atoms with Crippen LogP contribution in [0.5, 0.6) is 5.75 Å². The Balaban J connectivity index is 1.57. The normalized spacial score (nSPS) is 10.1. The van der Waals surface area contributed by atoms with Gasteiger partial charge in [-0.25, -0.2) is 4.39 Å². The van der Waals surface area contributed by atoms with E-state index in [-0.39, 0.29) is 31.8 Å². The van der Waals surface area contributed by atoms with Gasteiger partial charge in [0.05, 0.1) is 13.0 Å². The third kappa shape index (κ3) is 7.68. The van der Waals surface area contributed by atoms with Crippen LogP contribution in [0.25, 0.3) is 0 Å². The van der Waals surface area contributed by atoms with E-state index in [9.17, 15) is 18.8 Å². The van der Waals surface area contributed by atoms with Gasteiger partial charge in [0, 0.05) is 12.0 Å². The van der Waals surface area contributed by atoms with Gasteiger partial charge in [-0.2, -0.15) is 0 Å². The van der Waals surface area contributed by atoms with Crippen LogP contribution in [0.3, 0.4) is 0 Å². The second-order valence-electron chi connectivity index (χ2n) is 5.60. The van der Waals surface area contributed by atoms with Gasteiger partial charge in [0.25, 0.3) is 5.91 Å². The molecule has 0 saturated heterocycles. The van der Waals surface area contributed by atoms with Gasteiger partial charge in [-0.15, -0.1) is 0 Å². The molecule has 142 valence electrons. The molecule has 2 aromatic rings. The van der Waals surface area contributed by atoms with E-state index < -0.39 is 24.3 Å². The van der Waals surface area contributed by atoms with Crippen molar-refractivity contribution in [1.82, 2.24) is 5.32 Å². The van der Waals surface area contributed by atoms with Crippen LogP contribution in [-0.4, -0.2) is 37.4 Å². The molecule has 0 atom stereocenters. The van der Waals surface area contributed by atoms with Gasteiger partial charge in [-0.1, -0.05) is 18.2 Å². The standard InChI is InChI=1S/C20H20FNO5/c21-16-8-6-15(7-9-16)18(23)10-11-20(25)27-14-19(24)22-12-13-26-17-4-2-1-3-5-17/h1-9H,10-14H2,(H,22,24). The van der Waals surface area contributed by atoms with Gasteiger partial charge < -0.3 is 14.8 Å². The molecule has 0 bridgehead atoms. The number of esters is 1. The van der Waals surface area contributed by atoms with E-state index in [2.05, 4.69) is 5.32 Å². The summed E-state index contributed by atoms with van der Waals surface area (Å²) >= 11 is 0. The monoisotopic (exact) mass is 373 g/mol. The van der Waals surface area contributed by atoms with E-state index >= 15 is 0 Å². The van der Waals surface area contributed by atoms with Gasteiger partial charge >= 0.3 is 5.97 Å². The SMILES string of the molecule is O=C(COC(=O)CCC(=O)c1ccc(F)cc1)NCCOc1ccccc1. The van der Waals surface area contributed by atoms with Gasteiger partial charge in [0.1, 0.15) is 18.2 Å². The molecule has 0 fully saturated rings. The maximum atomic E-state index is 12.8. The average molecular weight is 373 g/mol. The summed E-state index contributed by atoms with van der Waals surface area (Å²) in [5.41, 5.74) is 0.320. The Morgan fingerprint density at radius 2 is 1.63 bits per heavy atom. The van der Waals surface area contributed by atoms with E-state index in [0.29, 0.717) is 11.3 Å². The summed E-state index contributed by atoms with van der Waals surface area (Å²) in [6, 6.07) is 14.2. The number of hydrogen-bond acceptors (Lipinski definition) is 5. The van der Waals surface area contributed by atoms with Crippen molar-refractivity contribution in [3.63, 3.8) is 0 Å². The molecule has 2 aromatic carbocycles. The summed E-state index contributed by atoms with van der Waals surface area (Å²) in [4.78, 5) is 35.1. The van der Waals surface area contributed by atoms with Crippen molar-refractivity contribution in [1.29, 1.82) is 0 Å². The molecule has 0 aliphatic carbocycles. The van der Waals surface area contributed by atoms with Gasteiger partial charge in [-0.05, 0) is 36.4 Å². The number of carbonyl (C=O) groups excluding carboxylic acids is 3. The zero-order chi connectivity index (χ0) is 19.5. The molecule has 0 unspecified atom stereocenters. The first-order valence-electron chi connectivity index (χ1n) is 8.43. The molecule has 0 aromatic heterocycles. The number of Topliss-reactive ketones (excluding diaryl/α,β-unsaturated/α-hetero) is 1. The fraction of sp³-hybridized carbons (Fsp3) is 0.250. The quantitative estimate of drug-likeness (QED) is 0.393. The highest BCUT2D eigenvalue weighted by atomic mass is 19.1. The summed E-state index contributed by atoms with van der Waals surface area (Å²) in [5, 5.41) is 2.56. The lowest BCUT2D eigenvalue weighted by Gasteiger charge is -2.08. The third-order valence-electron chi connectivity index (χ3n) is 3.52. The predicted octanol–water partition coefficient (Wildman–Crippen LogP) is 2.53. The van der Waals surface area contributed by atoms with E-state index in [1.165, 1.54) is 24.3 Å². The topological polar surface area (TPSA) is 81.7 Å². The van der Waals surface area contributed by atoms with Gasteiger partial charge in [0.2, 0.25) is 0 Å². The van der Waals surface area contributed by atoms with Gasteiger partial charge in [-0.3, -0.25) is 14.4 Å². The highest BCUT2D eigenvalue weighted by Gasteiger charge is 2.12. The van der Waals surface area contributed by atoms with Crippen molar-refractivity contribution >= 4 is 17.7 Å². The number of hydrogen-bond donors (Lipinski definition) is 1. The number of amides is 1. The highest BCUT2D eigenvalue weighted by molar-refractivity contribution is 5.97. The van der Waals surface area contributed by atoms with E-state index in [1.807, 2.05) is 18.2 Å². The molecule has 0 heterocycles. The molecule has 1 amide bonds. The van der Waals surface area contributed by atoms with Crippen LogP contribution in [0.4, 0.5) is 4.39 Å². The van der Waals surface area contributed by atoms with E-state index in [1.54, 1.807) is 12.1 Å². The number of halogens is 1. The van der Waals surface area contributed by atoms with Crippen molar-refractivity contribution in [3.05, 3.63) is 66.0 Å². The summed E-state index contributed by atoms with van der Waals surface area (Å²) < 4.78 is 23.0. The zero-order valence-corrected chi connectivity index (χ0v) is 14.7. The third-order valence-corrected chi connectivity index (χ3v) is 3.52. The second-order valence-corrected chi connectivity index (χ2v) is 5.60. The number of rotatable bonds is 10. The Kier molecular flexibility index (Phi) is 7.96. The molecule has 1 N–H and O–H groups in total. The van der Waals surface area contributed by atoms with Crippen molar-refractivity contribution in [2.24, 2.45) is 0 Å². The summed E-state index contributed by atoms with van der Waals surface area (Å²) in [6.07, 6.45) is -0.225. The summed E-state index contributed by atoms with van der Waals surface area (Å²) in [7, 11) is 0. The Morgan fingerprint density at radius 3 is 2.33 bits per heavy atom. The summed E-state index contributed by atoms with van der Waals surface area (Å²) in [6.45, 7) is 0.138. The second kappa shape index (κ2) is 10.7. The maximum Gasteiger partial charge on any atom is 0.306 e. The minimum Gasteiger partial charge on any atom is -0.492 e. The van der Waals surface area contributed by atoms with E-state index in [0.717, 1.165) is 0 Å². The van der Waals surface area contributed by atoms with Crippen molar-refractivity contribution in [2.45, 2.75) is 12.8 Å². The first-order chi connectivity index (χ1) is 13.0. The Hall–Kier alpha value is -3.22. The number of para-hydroxylation sites is 1. The number of carbonyl (C=O) groups is 3. The number of benzene rings is 2. The molecule has 0 spiro atoms. The minimum atomic E-state index is -0.652. The molecule has 0 aliphatic rings. The molecular formula is C20H20FNO5. The number of ketones is 1. The number of ether oxygens (including phenoxy) is 2. The Bertz CT molecular complexity index is 762. The number of nitrogens with one attached hydrogen (secondary N) is 1. The maximum absolute atomic E-state index is 12.8. The fourth-order valence-corrected chi connectivity index (χ4v) is 2.14. The molecule has 0 radical (unpaired) electrons. The molecule has 7 heteroatoms. The first kappa shape index (κ1) is 20.1. The highest BCUT2D eigenvalue weighted by Crippen LogP contribution is 2.08. The zero-order valence-electron chi connectivity index (χ0n) is 14.7. The van der Waals surface area contributed by atoms with Crippen LogP contribution in [0.2, 0.25) is 0 Å². The van der Waals surface area contributed by atoms with E-state index in [4.69, 9.17) is 9.47 Å². The average Bonchev–Trinajstić information content (AvgIpc) is 2.69. The van der Waals surface area contributed by atoms with Gasteiger partial charge in [0.15, 0.2) is 12.4 Å². The lowest BCUT2D eigenvalue weighted by Crippen LogP contribution is -2.32. The largest absolute Gasteiger partial charge is 0.492 e. The van der Waals surface area contributed by atoms with Crippen molar-refractivity contribution in [3.8, 4) is 5.75 Å². The fourth-order valence-electron chi connectivity index (χ4n) is 2.14. The molecule has 27 heavy (non-hydrogen) atoms. The Morgan fingerprint density at radius 1 is 0.926 bits per heavy atom. The Labute approximate surface area is 156 Å². The van der Waals surface area contributed by atoms with Crippen LogP contribution < -0.4 is 10.1 Å². The molecule has 0 saturated carbocycles. The first-order valence-corrected chi connectivity index (χ1v) is 8.43. The van der Waals surface area contributed by atoms with Crippen molar-refractivity contribution in [2.75, 3.05) is 19.8 Å². The van der Waals surface area contributed by atoms with Crippen LogP contribution in [0.1, 0.15) is 23.2 Å². The van der Waals surface area contributed by atoms with Crippen molar-refractivity contribution < 1.29 is 28.2 Å².